The summed E-state index contributed by atoms with van der Waals surface area (Å²) in [7, 11) is 0. The maximum Gasteiger partial charge on any atom is 0.323 e. The number of rotatable bonds is 8. The lowest BCUT2D eigenvalue weighted by Gasteiger charge is -2.22. The van der Waals surface area contributed by atoms with E-state index in [0.29, 0.717) is 17.3 Å². The third-order valence-corrected chi connectivity index (χ3v) is 2.92. The molecule has 5 nitrogen and oxygen atoms in total. The van der Waals surface area contributed by atoms with Gasteiger partial charge in [-0.25, -0.2) is 0 Å². The fourth-order valence-electron chi connectivity index (χ4n) is 1.71. The van der Waals surface area contributed by atoms with Crippen molar-refractivity contribution in [2.75, 3.05) is 24.5 Å². The quantitative estimate of drug-likeness (QED) is 0.722. The molecule has 0 spiro atoms. The SMILES string of the molecule is CCCCNC(=O)CN(CC(=O)O)c1cccc(Cl)c1. The molecule has 0 atom stereocenters. The van der Waals surface area contributed by atoms with Crippen LogP contribution < -0.4 is 10.2 Å². The highest BCUT2D eigenvalue weighted by molar-refractivity contribution is 6.30. The molecule has 20 heavy (non-hydrogen) atoms. The van der Waals surface area contributed by atoms with Crippen molar-refractivity contribution in [1.82, 2.24) is 5.32 Å². The molecule has 0 aliphatic rings. The first-order valence-electron chi connectivity index (χ1n) is 6.52. The molecule has 0 aromatic heterocycles. The number of carbonyl (C=O) groups is 2. The Kier molecular flexibility index (Phi) is 6.87. The number of unbranched alkanes of at least 4 members (excludes halogenated alkanes) is 1. The van der Waals surface area contributed by atoms with Crippen LogP contribution >= 0.6 is 11.6 Å². The molecule has 1 rings (SSSR count). The molecule has 0 fully saturated rings. The summed E-state index contributed by atoms with van der Waals surface area (Å²) in [4.78, 5) is 24.2. The van der Waals surface area contributed by atoms with Gasteiger partial charge in [0.1, 0.15) is 6.54 Å². The minimum Gasteiger partial charge on any atom is -0.480 e. The van der Waals surface area contributed by atoms with Gasteiger partial charge in [0, 0.05) is 17.3 Å². The number of carboxylic acid groups (broad SMARTS) is 1. The minimum absolute atomic E-state index is 0.00361. The first-order chi connectivity index (χ1) is 9.52. The van der Waals surface area contributed by atoms with Crippen molar-refractivity contribution in [3.8, 4) is 0 Å². The molecule has 0 radical (unpaired) electrons. The van der Waals surface area contributed by atoms with Gasteiger partial charge >= 0.3 is 5.97 Å². The number of halogens is 1. The van der Waals surface area contributed by atoms with E-state index in [2.05, 4.69) is 5.32 Å². The van der Waals surface area contributed by atoms with E-state index in [1.165, 1.54) is 4.90 Å². The van der Waals surface area contributed by atoms with Crippen LogP contribution in [0.25, 0.3) is 0 Å². The largest absolute Gasteiger partial charge is 0.480 e. The summed E-state index contributed by atoms with van der Waals surface area (Å²) in [5.74, 6) is -1.19. The van der Waals surface area contributed by atoms with E-state index in [1.807, 2.05) is 6.92 Å². The Bertz CT molecular complexity index is 465. The Hall–Kier alpha value is -1.75. The number of carboxylic acids is 1. The van der Waals surface area contributed by atoms with Crippen LogP contribution in [0.1, 0.15) is 19.8 Å². The molecule has 1 aromatic rings. The fourth-order valence-corrected chi connectivity index (χ4v) is 1.89. The molecule has 1 aromatic carbocycles. The number of anilines is 1. The van der Waals surface area contributed by atoms with Gasteiger partial charge in [-0.05, 0) is 24.6 Å². The molecule has 0 bridgehead atoms. The van der Waals surface area contributed by atoms with Crippen molar-refractivity contribution in [1.29, 1.82) is 0 Å². The van der Waals surface area contributed by atoms with E-state index in [9.17, 15) is 9.59 Å². The summed E-state index contributed by atoms with van der Waals surface area (Å²) in [6.07, 6.45) is 1.90. The Labute approximate surface area is 123 Å². The highest BCUT2D eigenvalue weighted by atomic mass is 35.5. The normalized spacial score (nSPS) is 10.1. The Morgan fingerprint density at radius 1 is 1.35 bits per heavy atom. The Morgan fingerprint density at radius 2 is 2.10 bits per heavy atom. The Balaban J connectivity index is 2.69. The summed E-state index contributed by atoms with van der Waals surface area (Å²) in [6.45, 7) is 2.39. The lowest BCUT2D eigenvalue weighted by Crippen LogP contribution is -2.40. The number of benzene rings is 1. The predicted molar refractivity (Wildman–Crippen MR) is 79.2 cm³/mol. The number of carbonyl (C=O) groups excluding carboxylic acids is 1. The van der Waals surface area contributed by atoms with E-state index in [-0.39, 0.29) is 19.0 Å². The molecular weight excluding hydrogens is 280 g/mol. The average Bonchev–Trinajstić information content (AvgIpc) is 2.38. The predicted octanol–water partition coefficient (Wildman–Crippen LogP) is 2.15. The highest BCUT2D eigenvalue weighted by Crippen LogP contribution is 2.19. The minimum atomic E-state index is -0.994. The number of amides is 1. The third kappa shape index (κ3) is 5.93. The van der Waals surface area contributed by atoms with Crippen LogP contribution in [0.3, 0.4) is 0 Å². The summed E-state index contributed by atoms with van der Waals surface area (Å²) in [5, 5.41) is 12.2. The van der Waals surface area contributed by atoms with Crippen LogP contribution in [0.15, 0.2) is 24.3 Å². The van der Waals surface area contributed by atoms with Crippen LogP contribution in [-0.2, 0) is 9.59 Å². The summed E-state index contributed by atoms with van der Waals surface area (Å²) in [6, 6.07) is 6.80. The first-order valence-corrected chi connectivity index (χ1v) is 6.89. The van der Waals surface area contributed by atoms with E-state index < -0.39 is 5.97 Å². The molecule has 2 N–H and O–H groups in total. The highest BCUT2D eigenvalue weighted by Gasteiger charge is 2.14. The fraction of sp³-hybridized carbons (Fsp3) is 0.429. The van der Waals surface area contributed by atoms with Crippen molar-refractivity contribution in [2.45, 2.75) is 19.8 Å². The van der Waals surface area contributed by atoms with Gasteiger partial charge in [0.05, 0.1) is 6.54 Å². The molecule has 0 aliphatic carbocycles. The average molecular weight is 299 g/mol. The monoisotopic (exact) mass is 298 g/mol. The number of hydrogen-bond donors (Lipinski definition) is 2. The number of nitrogens with zero attached hydrogens (tertiary/aromatic N) is 1. The maximum absolute atomic E-state index is 11.8. The molecule has 0 saturated heterocycles. The molecule has 0 saturated carbocycles. The third-order valence-electron chi connectivity index (χ3n) is 2.69. The zero-order chi connectivity index (χ0) is 15.0. The van der Waals surface area contributed by atoms with E-state index in [4.69, 9.17) is 16.7 Å². The number of nitrogens with one attached hydrogen (secondary N) is 1. The van der Waals surface area contributed by atoms with Gasteiger partial charge in [-0.3, -0.25) is 9.59 Å². The van der Waals surface area contributed by atoms with Gasteiger partial charge in [-0.15, -0.1) is 0 Å². The second-order valence-corrected chi connectivity index (χ2v) is 4.87. The second-order valence-electron chi connectivity index (χ2n) is 4.43. The molecular formula is C14H19ClN2O3. The summed E-state index contributed by atoms with van der Waals surface area (Å²) < 4.78 is 0. The molecule has 6 heteroatoms. The van der Waals surface area contributed by atoms with Gasteiger partial charge in [-0.1, -0.05) is 31.0 Å². The van der Waals surface area contributed by atoms with Crippen molar-refractivity contribution in [3.05, 3.63) is 29.3 Å². The van der Waals surface area contributed by atoms with Gasteiger partial charge in [-0.2, -0.15) is 0 Å². The smallest absolute Gasteiger partial charge is 0.323 e. The molecule has 110 valence electrons. The van der Waals surface area contributed by atoms with Gasteiger partial charge < -0.3 is 15.3 Å². The zero-order valence-electron chi connectivity index (χ0n) is 11.4. The van der Waals surface area contributed by atoms with Crippen molar-refractivity contribution < 1.29 is 14.7 Å². The first kappa shape index (κ1) is 16.3. The zero-order valence-corrected chi connectivity index (χ0v) is 12.2. The lowest BCUT2D eigenvalue weighted by molar-refractivity contribution is -0.135. The van der Waals surface area contributed by atoms with Crippen LogP contribution in [0, 0.1) is 0 Å². The van der Waals surface area contributed by atoms with Crippen molar-refractivity contribution in [3.63, 3.8) is 0 Å². The molecule has 0 aliphatic heterocycles. The van der Waals surface area contributed by atoms with Gasteiger partial charge in [0.2, 0.25) is 5.91 Å². The lowest BCUT2D eigenvalue weighted by atomic mass is 10.2. The molecule has 0 unspecified atom stereocenters. The second kappa shape index (κ2) is 8.43. The van der Waals surface area contributed by atoms with E-state index >= 15 is 0 Å². The van der Waals surface area contributed by atoms with E-state index in [1.54, 1.807) is 24.3 Å². The van der Waals surface area contributed by atoms with Crippen molar-refractivity contribution in [2.24, 2.45) is 0 Å². The standard InChI is InChI=1S/C14H19ClN2O3/c1-2-3-7-16-13(18)9-17(10-14(19)20)12-6-4-5-11(15)8-12/h4-6,8H,2-3,7,9-10H2,1H3,(H,16,18)(H,19,20). The molecule has 0 heterocycles. The number of hydrogen-bond acceptors (Lipinski definition) is 3. The van der Waals surface area contributed by atoms with Gasteiger partial charge in [0.15, 0.2) is 0 Å². The van der Waals surface area contributed by atoms with Crippen LogP contribution in [0.2, 0.25) is 5.02 Å². The van der Waals surface area contributed by atoms with Crippen LogP contribution in [-0.4, -0.2) is 36.6 Å². The maximum atomic E-state index is 11.8. The Morgan fingerprint density at radius 3 is 2.70 bits per heavy atom. The topological polar surface area (TPSA) is 69.6 Å². The van der Waals surface area contributed by atoms with E-state index in [0.717, 1.165) is 12.8 Å². The van der Waals surface area contributed by atoms with Crippen LogP contribution in [0.4, 0.5) is 5.69 Å². The summed E-state index contributed by atoms with van der Waals surface area (Å²) in [5.41, 5.74) is 0.616. The van der Waals surface area contributed by atoms with Gasteiger partial charge in [0.25, 0.3) is 0 Å². The molecule has 1 amide bonds. The number of aliphatic carboxylic acids is 1. The van der Waals surface area contributed by atoms with Crippen molar-refractivity contribution >= 4 is 29.2 Å². The van der Waals surface area contributed by atoms with Crippen LogP contribution in [0.5, 0.6) is 0 Å². The summed E-state index contributed by atoms with van der Waals surface area (Å²) >= 11 is 5.89.